The summed E-state index contributed by atoms with van der Waals surface area (Å²) in [7, 11) is 1.57. The minimum atomic E-state index is -0.480. The van der Waals surface area contributed by atoms with E-state index < -0.39 is 5.63 Å². The molecule has 0 atom stereocenters. The van der Waals surface area contributed by atoms with Crippen LogP contribution < -0.4 is 10.4 Å². The van der Waals surface area contributed by atoms with E-state index in [9.17, 15) is 14.7 Å². The molecule has 0 radical (unpaired) electrons. The van der Waals surface area contributed by atoms with Gasteiger partial charge in [0.15, 0.2) is 5.78 Å². The molecule has 0 spiro atoms. The van der Waals surface area contributed by atoms with Gasteiger partial charge < -0.3 is 14.3 Å². The number of carbonyl (C=O) groups is 1. The van der Waals surface area contributed by atoms with Crippen molar-refractivity contribution in [2.75, 3.05) is 7.11 Å². The number of hydrogen-bond donors (Lipinski definition) is 1. The summed E-state index contributed by atoms with van der Waals surface area (Å²) in [4.78, 5) is 29.4. The minimum absolute atomic E-state index is 0.0316. The van der Waals surface area contributed by atoms with Crippen LogP contribution in [0.15, 0.2) is 68.8 Å². The molecule has 0 saturated carbocycles. The standard InChI is InChI=1S/C28H25NO5/c1-16(2)29-15-20-14-19(7-12-24(30)18-5-8-21(33-4)9-6-18)26-23(27(20)32)11-10-22-17(3)13-25(31)34-28(22)26/h5-16,32H,1-4H3/b12-7+,29-15?. The van der Waals surface area contributed by atoms with E-state index in [4.69, 9.17) is 9.15 Å². The van der Waals surface area contributed by atoms with Crippen LogP contribution in [0.25, 0.3) is 27.8 Å². The molecule has 34 heavy (non-hydrogen) atoms. The molecule has 0 saturated heterocycles. The zero-order valence-electron chi connectivity index (χ0n) is 19.5. The first-order chi connectivity index (χ1) is 16.3. The molecule has 1 N–H and O–H groups in total. The van der Waals surface area contributed by atoms with Gasteiger partial charge in [-0.05, 0) is 74.4 Å². The second kappa shape index (κ2) is 9.35. The van der Waals surface area contributed by atoms with Crippen LogP contribution in [0.4, 0.5) is 0 Å². The van der Waals surface area contributed by atoms with Gasteiger partial charge in [0.2, 0.25) is 0 Å². The fraction of sp³-hybridized carbons (Fsp3) is 0.179. The van der Waals surface area contributed by atoms with E-state index >= 15 is 0 Å². The first-order valence-electron chi connectivity index (χ1n) is 10.9. The SMILES string of the molecule is COc1ccc(C(=O)/C=C/c2cc(C=NC(C)C)c(O)c3ccc4c(C)cc(=O)oc4c23)cc1. The zero-order valence-corrected chi connectivity index (χ0v) is 19.5. The Kier molecular flexibility index (Phi) is 6.32. The van der Waals surface area contributed by atoms with Crippen LogP contribution in [0, 0.1) is 6.92 Å². The summed E-state index contributed by atoms with van der Waals surface area (Å²) < 4.78 is 10.7. The number of fused-ring (bicyclic) bond motifs is 3. The van der Waals surface area contributed by atoms with Gasteiger partial charge in [0, 0.05) is 45.6 Å². The van der Waals surface area contributed by atoms with Crippen molar-refractivity contribution >= 4 is 39.8 Å². The van der Waals surface area contributed by atoms with E-state index in [1.165, 1.54) is 12.1 Å². The second-order valence-corrected chi connectivity index (χ2v) is 8.31. The van der Waals surface area contributed by atoms with E-state index in [1.807, 2.05) is 26.8 Å². The molecule has 6 nitrogen and oxygen atoms in total. The lowest BCUT2D eigenvalue weighted by atomic mass is 9.95. The maximum Gasteiger partial charge on any atom is 0.336 e. The van der Waals surface area contributed by atoms with Crippen LogP contribution in [0.3, 0.4) is 0 Å². The topological polar surface area (TPSA) is 89.1 Å². The van der Waals surface area contributed by atoms with E-state index in [2.05, 4.69) is 4.99 Å². The molecule has 4 rings (SSSR count). The molecular formula is C28H25NO5. The highest BCUT2D eigenvalue weighted by molar-refractivity contribution is 6.15. The summed E-state index contributed by atoms with van der Waals surface area (Å²) in [6, 6.07) is 13.7. The van der Waals surface area contributed by atoms with E-state index in [1.54, 1.807) is 55.8 Å². The van der Waals surface area contributed by atoms with Crippen molar-refractivity contribution in [1.82, 2.24) is 0 Å². The Hall–Kier alpha value is -4.19. The van der Waals surface area contributed by atoms with Crippen LogP contribution in [-0.2, 0) is 0 Å². The van der Waals surface area contributed by atoms with E-state index in [0.717, 1.165) is 10.9 Å². The van der Waals surface area contributed by atoms with Crippen molar-refractivity contribution in [3.8, 4) is 11.5 Å². The summed E-state index contributed by atoms with van der Waals surface area (Å²) in [6.45, 7) is 5.71. The first kappa shape index (κ1) is 23.0. The van der Waals surface area contributed by atoms with Crippen LogP contribution in [0.1, 0.15) is 40.9 Å². The highest BCUT2D eigenvalue weighted by Crippen LogP contribution is 2.37. The number of aromatic hydroxyl groups is 1. The Bertz CT molecular complexity index is 1510. The number of aliphatic imine (C=N–C) groups is 1. The molecule has 0 unspecified atom stereocenters. The fourth-order valence-electron chi connectivity index (χ4n) is 3.81. The molecule has 0 aliphatic carbocycles. The molecule has 172 valence electrons. The van der Waals surface area contributed by atoms with Gasteiger partial charge in [0.25, 0.3) is 0 Å². The van der Waals surface area contributed by atoms with Crippen molar-refractivity contribution in [2.24, 2.45) is 4.99 Å². The summed E-state index contributed by atoms with van der Waals surface area (Å²) in [5.41, 5.74) is 2.29. The predicted octanol–water partition coefficient (Wildman–Crippen LogP) is 5.69. The smallest absolute Gasteiger partial charge is 0.336 e. The largest absolute Gasteiger partial charge is 0.507 e. The molecule has 1 aromatic heterocycles. The van der Waals surface area contributed by atoms with E-state index in [-0.39, 0.29) is 17.6 Å². The summed E-state index contributed by atoms with van der Waals surface area (Å²) in [5, 5.41) is 12.8. The summed E-state index contributed by atoms with van der Waals surface area (Å²) >= 11 is 0. The number of allylic oxidation sites excluding steroid dienone is 1. The number of rotatable bonds is 6. The van der Waals surface area contributed by atoms with Gasteiger partial charge in [-0.3, -0.25) is 9.79 Å². The number of phenolic OH excluding ortho intramolecular Hbond substituents is 1. The number of carbonyl (C=O) groups excluding carboxylic acids is 1. The number of nitrogens with zero attached hydrogens (tertiary/aromatic N) is 1. The lowest BCUT2D eigenvalue weighted by molar-refractivity contribution is 0.104. The van der Waals surface area contributed by atoms with Crippen LogP contribution in [-0.4, -0.2) is 30.3 Å². The average molecular weight is 456 g/mol. The maximum absolute atomic E-state index is 12.8. The van der Waals surface area contributed by atoms with Crippen molar-refractivity contribution in [1.29, 1.82) is 0 Å². The van der Waals surface area contributed by atoms with Crippen molar-refractivity contribution < 1.29 is 19.1 Å². The lowest BCUT2D eigenvalue weighted by Crippen LogP contribution is -2.00. The monoisotopic (exact) mass is 455 g/mol. The molecule has 0 bridgehead atoms. The van der Waals surface area contributed by atoms with Crippen molar-refractivity contribution in [3.05, 3.63) is 87.3 Å². The molecular weight excluding hydrogens is 430 g/mol. The number of phenols is 1. The molecule has 0 aliphatic rings. The van der Waals surface area contributed by atoms with Gasteiger partial charge in [0.05, 0.1) is 7.11 Å². The van der Waals surface area contributed by atoms with Gasteiger partial charge >= 0.3 is 5.63 Å². The molecule has 3 aromatic carbocycles. The number of hydrogen-bond acceptors (Lipinski definition) is 6. The average Bonchev–Trinajstić information content (AvgIpc) is 2.82. The summed E-state index contributed by atoms with van der Waals surface area (Å²) in [5.74, 6) is 0.499. The number of benzene rings is 3. The third-order valence-electron chi connectivity index (χ3n) is 5.55. The van der Waals surface area contributed by atoms with Gasteiger partial charge in [-0.25, -0.2) is 4.79 Å². The Labute approximate surface area is 196 Å². The lowest BCUT2D eigenvalue weighted by Gasteiger charge is -2.12. The van der Waals surface area contributed by atoms with Crippen molar-refractivity contribution in [3.63, 3.8) is 0 Å². The normalized spacial score (nSPS) is 11.9. The quantitative estimate of drug-likeness (QED) is 0.133. The third kappa shape index (κ3) is 4.48. The zero-order chi connectivity index (χ0) is 24.4. The molecule has 4 aromatic rings. The molecule has 0 amide bonds. The van der Waals surface area contributed by atoms with Crippen LogP contribution in [0.5, 0.6) is 11.5 Å². The molecule has 6 heteroatoms. The predicted molar refractivity (Wildman–Crippen MR) is 135 cm³/mol. The Morgan fingerprint density at radius 1 is 1.06 bits per heavy atom. The number of methoxy groups -OCH3 is 1. The van der Waals surface area contributed by atoms with Crippen LogP contribution in [0.2, 0.25) is 0 Å². The Balaban J connectivity index is 1.94. The highest BCUT2D eigenvalue weighted by atomic mass is 16.5. The molecule has 0 fully saturated rings. The molecule has 0 aliphatic heterocycles. The number of aryl methyl sites for hydroxylation is 1. The van der Waals surface area contributed by atoms with Crippen molar-refractivity contribution in [2.45, 2.75) is 26.8 Å². The van der Waals surface area contributed by atoms with Gasteiger partial charge in [-0.1, -0.05) is 12.1 Å². The maximum atomic E-state index is 12.8. The van der Waals surface area contributed by atoms with Crippen LogP contribution >= 0.6 is 0 Å². The number of ketones is 1. The first-order valence-corrected chi connectivity index (χ1v) is 10.9. The fourth-order valence-corrected chi connectivity index (χ4v) is 3.81. The highest BCUT2D eigenvalue weighted by Gasteiger charge is 2.16. The Morgan fingerprint density at radius 2 is 1.76 bits per heavy atom. The second-order valence-electron chi connectivity index (χ2n) is 8.31. The van der Waals surface area contributed by atoms with Gasteiger partial charge in [0.1, 0.15) is 17.1 Å². The minimum Gasteiger partial charge on any atom is -0.507 e. The van der Waals surface area contributed by atoms with Gasteiger partial charge in [-0.15, -0.1) is 0 Å². The van der Waals surface area contributed by atoms with E-state index in [0.29, 0.717) is 38.8 Å². The number of ether oxygens (including phenoxy) is 1. The third-order valence-corrected chi connectivity index (χ3v) is 5.55. The summed E-state index contributed by atoms with van der Waals surface area (Å²) in [6.07, 6.45) is 4.74. The van der Waals surface area contributed by atoms with Gasteiger partial charge in [-0.2, -0.15) is 0 Å². The Morgan fingerprint density at radius 3 is 2.44 bits per heavy atom. The molecule has 1 heterocycles.